The van der Waals surface area contributed by atoms with Crippen molar-refractivity contribution in [3.05, 3.63) is 34.6 Å². The second-order valence-corrected chi connectivity index (χ2v) is 5.64. The first-order valence-electron chi connectivity index (χ1n) is 7.49. The molecule has 112 valence electrons. The van der Waals surface area contributed by atoms with Crippen LogP contribution in [0.25, 0.3) is 10.9 Å². The third-order valence-corrected chi connectivity index (χ3v) is 4.15. The van der Waals surface area contributed by atoms with Crippen molar-refractivity contribution in [3.63, 3.8) is 0 Å². The number of nitrogens with one attached hydrogen (secondary N) is 1. The third kappa shape index (κ3) is 3.11. The molecule has 1 saturated heterocycles. The Morgan fingerprint density at radius 3 is 3.10 bits per heavy atom. The molecule has 1 aliphatic heterocycles. The van der Waals surface area contributed by atoms with Crippen LogP contribution in [0.2, 0.25) is 0 Å². The summed E-state index contributed by atoms with van der Waals surface area (Å²) in [6.07, 6.45) is 3.43. The van der Waals surface area contributed by atoms with Gasteiger partial charge in [0.15, 0.2) is 0 Å². The van der Waals surface area contributed by atoms with Gasteiger partial charge in [0.05, 0.1) is 12.1 Å². The van der Waals surface area contributed by atoms with E-state index in [2.05, 4.69) is 27.6 Å². The summed E-state index contributed by atoms with van der Waals surface area (Å²) in [5.74, 6) is 0. The van der Waals surface area contributed by atoms with Crippen LogP contribution in [0.4, 0.5) is 0 Å². The predicted octanol–water partition coefficient (Wildman–Crippen LogP) is 0.823. The maximum atomic E-state index is 12.4. The molecule has 0 bridgehead atoms. The maximum Gasteiger partial charge on any atom is 0.278 e. The van der Waals surface area contributed by atoms with E-state index in [-0.39, 0.29) is 5.56 Å². The Morgan fingerprint density at radius 2 is 2.19 bits per heavy atom. The van der Waals surface area contributed by atoms with Crippen LogP contribution in [-0.2, 0) is 6.67 Å². The van der Waals surface area contributed by atoms with Gasteiger partial charge in [-0.2, -0.15) is 4.68 Å². The lowest BCUT2D eigenvalue weighted by Gasteiger charge is -2.26. The zero-order valence-electron chi connectivity index (χ0n) is 12.3. The lowest BCUT2D eigenvalue weighted by Crippen LogP contribution is -2.38. The fourth-order valence-corrected chi connectivity index (χ4v) is 2.88. The van der Waals surface area contributed by atoms with Gasteiger partial charge >= 0.3 is 0 Å². The van der Waals surface area contributed by atoms with Crippen LogP contribution in [-0.4, -0.2) is 46.1 Å². The number of benzene rings is 1. The number of rotatable bonds is 3. The minimum absolute atomic E-state index is 0.0702. The molecular weight excluding hydrogens is 266 g/mol. The van der Waals surface area contributed by atoms with E-state index in [4.69, 9.17) is 0 Å². The van der Waals surface area contributed by atoms with E-state index in [1.54, 1.807) is 6.07 Å². The summed E-state index contributed by atoms with van der Waals surface area (Å²) in [4.78, 5) is 14.6. The van der Waals surface area contributed by atoms with Crippen LogP contribution in [0.5, 0.6) is 0 Å². The molecular formula is C15H21N5O. The molecule has 1 fully saturated rings. The predicted molar refractivity (Wildman–Crippen MR) is 82.1 cm³/mol. The van der Waals surface area contributed by atoms with Gasteiger partial charge in [-0.25, -0.2) is 0 Å². The summed E-state index contributed by atoms with van der Waals surface area (Å²) in [7, 11) is 2.05. The Hall–Kier alpha value is -1.79. The zero-order chi connectivity index (χ0) is 14.7. The highest BCUT2D eigenvalue weighted by Gasteiger charge is 2.18. The smallest absolute Gasteiger partial charge is 0.278 e. The standard InChI is InChI=1S/C15H21N5O/c1-19(12-5-4-9-16-10-8-12)11-20-15(21)13-6-2-3-7-14(13)17-18-20/h2-3,6-7,12,16H,4-5,8-11H2,1H3. The Kier molecular flexibility index (Phi) is 4.26. The average Bonchev–Trinajstić information content (AvgIpc) is 2.79. The molecule has 1 atom stereocenters. The minimum atomic E-state index is -0.0702. The summed E-state index contributed by atoms with van der Waals surface area (Å²) >= 11 is 0. The summed E-state index contributed by atoms with van der Waals surface area (Å²) in [6, 6.07) is 7.83. The summed E-state index contributed by atoms with van der Waals surface area (Å²) in [5, 5.41) is 12.2. The molecule has 1 unspecified atom stereocenters. The third-order valence-electron chi connectivity index (χ3n) is 4.15. The van der Waals surface area contributed by atoms with Gasteiger partial charge in [0.1, 0.15) is 5.52 Å². The summed E-state index contributed by atoms with van der Waals surface area (Å²) in [6.45, 7) is 2.61. The van der Waals surface area contributed by atoms with Crippen LogP contribution in [0.1, 0.15) is 19.3 Å². The van der Waals surface area contributed by atoms with Gasteiger partial charge in [0.2, 0.25) is 0 Å². The minimum Gasteiger partial charge on any atom is -0.317 e. The number of nitrogens with zero attached hydrogens (tertiary/aromatic N) is 4. The topological polar surface area (TPSA) is 63.1 Å². The van der Waals surface area contributed by atoms with E-state index in [0.29, 0.717) is 23.6 Å². The van der Waals surface area contributed by atoms with E-state index >= 15 is 0 Å². The zero-order valence-corrected chi connectivity index (χ0v) is 12.3. The van der Waals surface area contributed by atoms with E-state index in [0.717, 1.165) is 25.9 Å². The summed E-state index contributed by atoms with van der Waals surface area (Å²) < 4.78 is 1.46. The van der Waals surface area contributed by atoms with Crippen LogP contribution >= 0.6 is 0 Å². The number of aromatic nitrogens is 3. The van der Waals surface area contributed by atoms with Gasteiger partial charge in [-0.1, -0.05) is 17.3 Å². The summed E-state index contributed by atoms with van der Waals surface area (Å²) in [5.41, 5.74) is 0.583. The lowest BCUT2D eigenvalue weighted by molar-refractivity contribution is 0.164. The fourth-order valence-electron chi connectivity index (χ4n) is 2.88. The quantitative estimate of drug-likeness (QED) is 0.905. The van der Waals surface area contributed by atoms with E-state index in [1.807, 2.05) is 18.2 Å². The molecule has 1 aromatic carbocycles. The Balaban J connectivity index is 1.80. The molecule has 6 heteroatoms. The van der Waals surface area contributed by atoms with Crippen molar-refractivity contribution in [1.29, 1.82) is 0 Å². The molecule has 1 N–H and O–H groups in total. The molecule has 3 rings (SSSR count). The average molecular weight is 287 g/mol. The van der Waals surface area contributed by atoms with Crippen molar-refractivity contribution in [1.82, 2.24) is 25.2 Å². The largest absolute Gasteiger partial charge is 0.317 e. The number of fused-ring (bicyclic) bond motifs is 1. The normalized spacial score (nSPS) is 19.8. The fraction of sp³-hybridized carbons (Fsp3) is 0.533. The van der Waals surface area contributed by atoms with Crippen molar-refractivity contribution >= 4 is 10.9 Å². The van der Waals surface area contributed by atoms with Gasteiger partial charge < -0.3 is 5.32 Å². The van der Waals surface area contributed by atoms with Gasteiger partial charge in [-0.3, -0.25) is 9.69 Å². The second kappa shape index (κ2) is 6.32. The molecule has 2 heterocycles. The highest BCUT2D eigenvalue weighted by molar-refractivity contribution is 5.76. The van der Waals surface area contributed by atoms with Crippen LogP contribution in [0.15, 0.2) is 29.1 Å². The van der Waals surface area contributed by atoms with Crippen molar-refractivity contribution in [2.24, 2.45) is 0 Å². The Labute approximate surface area is 123 Å². The van der Waals surface area contributed by atoms with E-state index < -0.39 is 0 Å². The van der Waals surface area contributed by atoms with Gasteiger partial charge in [-0.05, 0) is 51.5 Å². The molecule has 1 aromatic heterocycles. The van der Waals surface area contributed by atoms with Crippen LogP contribution in [0.3, 0.4) is 0 Å². The van der Waals surface area contributed by atoms with Crippen molar-refractivity contribution in [3.8, 4) is 0 Å². The molecule has 0 aliphatic carbocycles. The number of hydrogen-bond donors (Lipinski definition) is 1. The second-order valence-electron chi connectivity index (χ2n) is 5.64. The highest BCUT2D eigenvalue weighted by atomic mass is 16.1. The van der Waals surface area contributed by atoms with Crippen molar-refractivity contribution in [2.75, 3.05) is 20.1 Å². The molecule has 0 amide bonds. The van der Waals surface area contributed by atoms with E-state index in [1.165, 1.54) is 11.1 Å². The van der Waals surface area contributed by atoms with E-state index in [9.17, 15) is 4.79 Å². The van der Waals surface area contributed by atoms with Crippen molar-refractivity contribution in [2.45, 2.75) is 32.0 Å². The molecule has 6 nitrogen and oxygen atoms in total. The van der Waals surface area contributed by atoms with Crippen LogP contribution < -0.4 is 10.9 Å². The molecule has 0 spiro atoms. The van der Waals surface area contributed by atoms with Crippen LogP contribution in [0, 0.1) is 0 Å². The molecule has 0 saturated carbocycles. The van der Waals surface area contributed by atoms with Gasteiger partial charge in [0.25, 0.3) is 5.56 Å². The number of hydrogen-bond acceptors (Lipinski definition) is 5. The SMILES string of the molecule is CN(Cn1nnc2ccccc2c1=O)C1CCCNCC1. The maximum absolute atomic E-state index is 12.4. The van der Waals surface area contributed by atoms with Gasteiger partial charge in [-0.15, -0.1) is 5.10 Å². The molecule has 0 radical (unpaired) electrons. The first-order valence-corrected chi connectivity index (χ1v) is 7.49. The first-order chi connectivity index (χ1) is 10.3. The highest BCUT2D eigenvalue weighted by Crippen LogP contribution is 2.12. The Bertz CT molecular complexity index is 660. The molecule has 1 aliphatic rings. The monoisotopic (exact) mass is 287 g/mol. The molecule has 21 heavy (non-hydrogen) atoms. The van der Waals surface area contributed by atoms with Crippen molar-refractivity contribution < 1.29 is 0 Å². The Morgan fingerprint density at radius 1 is 1.33 bits per heavy atom. The first kappa shape index (κ1) is 14.2. The van der Waals surface area contributed by atoms with Gasteiger partial charge in [0, 0.05) is 6.04 Å². The molecule has 2 aromatic rings. The lowest BCUT2D eigenvalue weighted by atomic mass is 10.1.